The Kier molecular flexibility index (Phi) is 4.74. The van der Waals surface area contributed by atoms with Crippen molar-refractivity contribution in [3.05, 3.63) is 42.0 Å². The minimum atomic E-state index is -0.316. The topological polar surface area (TPSA) is 111 Å². The number of nitrogens with one attached hydrogen (secondary N) is 1. The molecule has 1 aromatic carbocycles. The van der Waals surface area contributed by atoms with E-state index in [1.54, 1.807) is 37.1 Å². The standard InChI is InChI=1S/C16H18N8O2/c1-10-14(8-17-16(19-10)23(2)3)15(25)20-11-5-12(7-13(6-11)26-4)24-9-18-21-22-24/h5-9H,1-4H3,(H,20,25). The predicted octanol–water partition coefficient (Wildman–Crippen LogP) is 1.09. The summed E-state index contributed by atoms with van der Waals surface area (Å²) in [6.07, 6.45) is 2.97. The van der Waals surface area contributed by atoms with E-state index in [1.165, 1.54) is 17.2 Å². The van der Waals surface area contributed by atoms with Gasteiger partial charge in [0.2, 0.25) is 5.95 Å². The van der Waals surface area contributed by atoms with Crippen molar-refractivity contribution in [2.75, 3.05) is 31.4 Å². The molecule has 0 bridgehead atoms. The van der Waals surface area contributed by atoms with E-state index in [2.05, 4.69) is 30.8 Å². The maximum atomic E-state index is 12.6. The minimum absolute atomic E-state index is 0.316. The van der Waals surface area contributed by atoms with E-state index in [-0.39, 0.29) is 5.91 Å². The molecule has 0 unspecified atom stereocenters. The van der Waals surface area contributed by atoms with E-state index in [0.717, 1.165) is 0 Å². The summed E-state index contributed by atoms with van der Waals surface area (Å²) < 4.78 is 6.75. The van der Waals surface area contributed by atoms with Crippen molar-refractivity contribution >= 4 is 17.5 Å². The number of methoxy groups -OCH3 is 1. The highest BCUT2D eigenvalue weighted by molar-refractivity contribution is 6.05. The van der Waals surface area contributed by atoms with Gasteiger partial charge in [-0.1, -0.05) is 0 Å². The molecule has 0 fully saturated rings. The molecule has 2 aromatic heterocycles. The van der Waals surface area contributed by atoms with Crippen molar-refractivity contribution < 1.29 is 9.53 Å². The van der Waals surface area contributed by atoms with Crippen LogP contribution in [-0.2, 0) is 0 Å². The van der Waals surface area contributed by atoms with Gasteiger partial charge < -0.3 is 15.0 Å². The average molecular weight is 354 g/mol. The zero-order valence-electron chi connectivity index (χ0n) is 14.8. The lowest BCUT2D eigenvalue weighted by molar-refractivity contribution is 0.102. The fourth-order valence-corrected chi connectivity index (χ4v) is 2.28. The van der Waals surface area contributed by atoms with E-state index in [0.29, 0.717) is 34.3 Å². The van der Waals surface area contributed by atoms with Crippen LogP contribution in [0.4, 0.5) is 11.6 Å². The Morgan fingerprint density at radius 2 is 2.08 bits per heavy atom. The number of hydrogen-bond donors (Lipinski definition) is 1. The summed E-state index contributed by atoms with van der Waals surface area (Å²) in [6.45, 7) is 1.77. The maximum absolute atomic E-state index is 12.6. The lowest BCUT2D eigenvalue weighted by Crippen LogP contribution is -2.18. The Hall–Kier alpha value is -3.56. The van der Waals surface area contributed by atoms with Gasteiger partial charge in [0.05, 0.1) is 24.1 Å². The van der Waals surface area contributed by atoms with E-state index in [9.17, 15) is 4.79 Å². The number of nitrogens with zero attached hydrogens (tertiary/aromatic N) is 7. The molecule has 0 aliphatic carbocycles. The Labute approximate surface area is 149 Å². The number of aromatic nitrogens is 6. The Balaban J connectivity index is 1.88. The normalized spacial score (nSPS) is 10.5. The van der Waals surface area contributed by atoms with Crippen LogP contribution in [-0.4, -0.2) is 57.3 Å². The van der Waals surface area contributed by atoms with Gasteiger partial charge in [-0.2, -0.15) is 0 Å². The van der Waals surface area contributed by atoms with Crippen LogP contribution in [0.15, 0.2) is 30.7 Å². The van der Waals surface area contributed by atoms with Crippen LogP contribution >= 0.6 is 0 Å². The molecule has 0 atom stereocenters. The fourth-order valence-electron chi connectivity index (χ4n) is 2.28. The molecule has 0 aliphatic rings. The highest BCUT2D eigenvalue weighted by Gasteiger charge is 2.14. The van der Waals surface area contributed by atoms with Gasteiger partial charge in [-0.15, -0.1) is 5.10 Å². The first-order chi connectivity index (χ1) is 12.5. The highest BCUT2D eigenvalue weighted by Crippen LogP contribution is 2.23. The maximum Gasteiger partial charge on any atom is 0.259 e. The van der Waals surface area contributed by atoms with Gasteiger partial charge in [0.1, 0.15) is 12.1 Å². The molecule has 3 rings (SSSR count). The van der Waals surface area contributed by atoms with E-state index < -0.39 is 0 Å². The molecule has 1 N–H and O–H groups in total. The molecular weight excluding hydrogens is 336 g/mol. The number of ether oxygens (including phenoxy) is 1. The number of anilines is 2. The van der Waals surface area contributed by atoms with E-state index in [1.807, 2.05) is 14.1 Å². The molecule has 0 saturated heterocycles. The van der Waals surface area contributed by atoms with Crippen molar-refractivity contribution in [3.63, 3.8) is 0 Å². The summed E-state index contributed by atoms with van der Waals surface area (Å²) >= 11 is 0. The average Bonchev–Trinajstić information content (AvgIpc) is 3.15. The molecule has 10 heteroatoms. The summed E-state index contributed by atoms with van der Waals surface area (Å²) in [6, 6.07) is 5.20. The van der Waals surface area contributed by atoms with Gasteiger partial charge >= 0.3 is 0 Å². The van der Waals surface area contributed by atoms with Crippen LogP contribution in [0.25, 0.3) is 5.69 Å². The molecule has 1 amide bonds. The van der Waals surface area contributed by atoms with Gasteiger partial charge in [-0.3, -0.25) is 4.79 Å². The molecular formula is C16H18N8O2. The quantitative estimate of drug-likeness (QED) is 0.725. The van der Waals surface area contributed by atoms with Crippen molar-refractivity contribution in [1.82, 2.24) is 30.2 Å². The van der Waals surface area contributed by atoms with E-state index in [4.69, 9.17) is 4.74 Å². The number of amides is 1. The third-order valence-corrected chi connectivity index (χ3v) is 3.61. The number of benzene rings is 1. The molecule has 3 aromatic rings. The smallest absolute Gasteiger partial charge is 0.259 e. The molecule has 26 heavy (non-hydrogen) atoms. The van der Waals surface area contributed by atoms with Crippen LogP contribution in [0.5, 0.6) is 5.75 Å². The van der Waals surface area contributed by atoms with Crippen LogP contribution in [0.2, 0.25) is 0 Å². The minimum Gasteiger partial charge on any atom is -0.497 e. The number of rotatable bonds is 5. The zero-order chi connectivity index (χ0) is 18.7. The largest absolute Gasteiger partial charge is 0.497 e. The van der Waals surface area contributed by atoms with Crippen molar-refractivity contribution in [1.29, 1.82) is 0 Å². The van der Waals surface area contributed by atoms with Gasteiger partial charge in [0.25, 0.3) is 5.91 Å². The second-order valence-electron chi connectivity index (χ2n) is 5.69. The lowest BCUT2D eigenvalue weighted by Gasteiger charge is -2.13. The Morgan fingerprint density at radius 3 is 2.69 bits per heavy atom. The predicted molar refractivity (Wildman–Crippen MR) is 94.8 cm³/mol. The van der Waals surface area contributed by atoms with Gasteiger partial charge in [0.15, 0.2) is 0 Å². The molecule has 0 radical (unpaired) electrons. The van der Waals surface area contributed by atoms with Crippen LogP contribution in [0.1, 0.15) is 16.1 Å². The third kappa shape index (κ3) is 3.58. The molecule has 0 saturated carbocycles. The Bertz CT molecular complexity index is 924. The first-order valence-electron chi connectivity index (χ1n) is 7.72. The summed E-state index contributed by atoms with van der Waals surface area (Å²) in [5.74, 6) is 0.786. The summed E-state index contributed by atoms with van der Waals surface area (Å²) in [4.78, 5) is 22.9. The second-order valence-corrected chi connectivity index (χ2v) is 5.69. The number of carbonyl (C=O) groups is 1. The van der Waals surface area contributed by atoms with Crippen LogP contribution < -0.4 is 15.0 Å². The van der Waals surface area contributed by atoms with Gasteiger partial charge in [0, 0.05) is 38.1 Å². The zero-order valence-corrected chi connectivity index (χ0v) is 14.8. The monoisotopic (exact) mass is 354 g/mol. The highest BCUT2D eigenvalue weighted by atomic mass is 16.5. The number of carbonyl (C=O) groups excluding carboxylic acids is 1. The summed E-state index contributed by atoms with van der Waals surface area (Å²) in [5.41, 5.74) is 2.17. The Morgan fingerprint density at radius 1 is 1.27 bits per heavy atom. The molecule has 10 nitrogen and oxygen atoms in total. The lowest BCUT2D eigenvalue weighted by atomic mass is 10.2. The number of aryl methyl sites for hydroxylation is 1. The number of tetrazole rings is 1. The molecule has 0 aliphatic heterocycles. The first-order valence-corrected chi connectivity index (χ1v) is 7.72. The molecule has 0 spiro atoms. The second kappa shape index (κ2) is 7.13. The van der Waals surface area contributed by atoms with Crippen LogP contribution in [0.3, 0.4) is 0 Å². The van der Waals surface area contributed by atoms with Crippen LogP contribution in [0, 0.1) is 6.92 Å². The fraction of sp³-hybridized carbons (Fsp3) is 0.250. The summed E-state index contributed by atoms with van der Waals surface area (Å²) in [5, 5.41) is 13.9. The summed E-state index contributed by atoms with van der Waals surface area (Å²) in [7, 11) is 5.22. The molecule has 134 valence electrons. The van der Waals surface area contributed by atoms with Gasteiger partial charge in [-0.25, -0.2) is 14.6 Å². The third-order valence-electron chi connectivity index (χ3n) is 3.61. The first kappa shape index (κ1) is 17.3. The number of hydrogen-bond acceptors (Lipinski definition) is 8. The van der Waals surface area contributed by atoms with Gasteiger partial charge in [-0.05, 0) is 23.4 Å². The van der Waals surface area contributed by atoms with Crippen molar-refractivity contribution in [3.8, 4) is 11.4 Å². The van der Waals surface area contributed by atoms with Crippen molar-refractivity contribution in [2.45, 2.75) is 6.92 Å². The van der Waals surface area contributed by atoms with E-state index >= 15 is 0 Å². The van der Waals surface area contributed by atoms with Crippen molar-refractivity contribution in [2.24, 2.45) is 0 Å². The molecule has 2 heterocycles. The SMILES string of the molecule is COc1cc(NC(=O)c2cnc(N(C)C)nc2C)cc(-n2cnnn2)c1.